The van der Waals surface area contributed by atoms with Crippen molar-refractivity contribution in [2.45, 2.75) is 24.2 Å². The molecule has 3 aliphatic heterocycles. The molecule has 3 rings (SSSR count). The van der Waals surface area contributed by atoms with E-state index in [9.17, 15) is 10.1 Å². The largest absolute Gasteiger partial charge is 0.361 e. The Morgan fingerprint density at radius 1 is 1.71 bits per heavy atom. The van der Waals surface area contributed by atoms with Gasteiger partial charge in [0.1, 0.15) is 11.6 Å². The molecule has 0 N–H and O–H groups in total. The summed E-state index contributed by atoms with van der Waals surface area (Å²) in [7, 11) is 0. The zero-order chi connectivity index (χ0) is 12.0. The molecule has 4 atom stereocenters. The van der Waals surface area contributed by atoms with Crippen molar-refractivity contribution in [1.29, 1.82) is 0 Å². The van der Waals surface area contributed by atoms with Crippen LogP contribution >= 0.6 is 0 Å². The lowest BCUT2D eigenvalue weighted by molar-refractivity contribution is -0.489. The lowest BCUT2D eigenvalue weighted by Crippen LogP contribution is -2.48. The molecule has 92 valence electrons. The van der Waals surface area contributed by atoms with Gasteiger partial charge in [-0.1, -0.05) is 18.2 Å². The van der Waals surface area contributed by atoms with Crippen molar-refractivity contribution in [2.75, 3.05) is 19.6 Å². The van der Waals surface area contributed by atoms with Gasteiger partial charge in [0.15, 0.2) is 0 Å². The highest BCUT2D eigenvalue weighted by Crippen LogP contribution is 2.51. The van der Waals surface area contributed by atoms with E-state index < -0.39 is 5.60 Å². The second-order valence-electron chi connectivity index (χ2n) is 5.08. The Hall–Kier alpha value is -1.20. The zero-order valence-electron chi connectivity index (χ0n) is 9.62. The van der Waals surface area contributed by atoms with Gasteiger partial charge in [-0.25, -0.2) is 0 Å². The van der Waals surface area contributed by atoms with Gasteiger partial charge < -0.3 is 4.74 Å². The van der Waals surface area contributed by atoms with Crippen LogP contribution in [-0.4, -0.2) is 47.2 Å². The molecule has 3 aliphatic rings. The highest BCUT2D eigenvalue weighted by atomic mass is 16.6. The maximum absolute atomic E-state index is 10.8. The quantitative estimate of drug-likeness (QED) is 0.412. The molecule has 0 amide bonds. The monoisotopic (exact) mass is 236 g/mol. The third-order valence-corrected chi connectivity index (χ3v) is 4.18. The number of hydrogen-bond donors (Lipinski definition) is 0. The number of ether oxygens (including phenoxy) is 1. The first-order valence-corrected chi connectivity index (χ1v) is 5.99. The SMILES string of the molecule is C=CCN1CC2CC3C=CC2(O3)C1C[N+](=O)[O-]. The van der Waals surface area contributed by atoms with Crippen LogP contribution in [0.2, 0.25) is 0 Å². The summed E-state index contributed by atoms with van der Waals surface area (Å²) in [6, 6.07) is -0.149. The summed E-state index contributed by atoms with van der Waals surface area (Å²) < 4.78 is 5.98. The molecule has 5 heteroatoms. The number of hydrogen-bond acceptors (Lipinski definition) is 4. The van der Waals surface area contributed by atoms with Gasteiger partial charge in [-0.15, -0.1) is 6.58 Å². The van der Waals surface area contributed by atoms with Crippen LogP contribution in [0.3, 0.4) is 0 Å². The summed E-state index contributed by atoms with van der Waals surface area (Å²) in [5.74, 6) is 0.405. The smallest absolute Gasteiger partial charge is 0.222 e. The minimum absolute atomic E-state index is 0.0542. The topological polar surface area (TPSA) is 55.6 Å². The number of likely N-dealkylation sites (tertiary alicyclic amines) is 1. The number of rotatable bonds is 4. The van der Waals surface area contributed by atoms with Gasteiger partial charge in [-0.2, -0.15) is 0 Å². The molecule has 0 aromatic heterocycles. The molecule has 17 heavy (non-hydrogen) atoms. The Balaban J connectivity index is 1.89. The summed E-state index contributed by atoms with van der Waals surface area (Å²) in [5.41, 5.74) is -0.402. The molecule has 2 bridgehead atoms. The van der Waals surface area contributed by atoms with Crippen LogP contribution in [0.4, 0.5) is 0 Å². The number of nitrogens with zero attached hydrogens (tertiary/aromatic N) is 2. The maximum atomic E-state index is 10.8. The molecule has 3 heterocycles. The van der Waals surface area contributed by atoms with Crippen molar-refractivity contribution in [1.82, 2.24) is 4.90 Å². The van der Waals surface area contributed by atoms with Crippen molar-refractivity contribution in [3.63, 3.8) is 0 Å². The first-order valence-electron chi connectivity index (χ1n) is 5.99. The second-order valence-corrected chi connectivity index (χ2v) is 5.08. The zero-order valence-corrected chi connectivity index (χ0v) is 9.62. The van der Waals surface area contributed by atoms with E-state index in [1.54, 1.807) is 6.08 Å². The van der Waals surface area contributed by atoms with Crippen molar-refractivity contribution in [2.24, 2.45) is 5.92 Å². The molecule has 0 radical (unpaired) electrons. The molecule has 0 aliphatic carbocycles. The summed E-state index contributed by atoms with van der Waals surface area (Å²) >= 11 is 0. The highest BCUT2D eigenvalue weighted by Gasteiger charge is 2.62. The van der Waals surface area contributed by atoms with E-state index in [0.717, 1.165) is 13.0 Å². The Labute approximate surface area is 99.9 Å². The van der Waals surface area contributed by atoms with E-state index in [1.165, 1.54) is 0 Å². The number of nitro groups is 1. The summed E-state index contributed by atoms with van der Waals surface area (Å²) in [5, 5.41) is 10.8. The lowest BCUT2D eigenvalue weighted by Gasteiger charge is -2.30. The fourth-order valence-corrected chi connectivity index (χ4v) is 3.56. The molecular weight excluding hydrogens is 220 g/mol. The Kier molecular flexibility index (Phi) is 2.34. The van der Waals surface area contributed by atoms with Gasteiger partial charge in [0.05, 0.1) is 6.10 Å². The van der Waals surface area contributed by atoms with E-state index in [0.29, 0.717) is 12.5 Å². The van der Waals surface area contributed by atoms with Gasteiger partial charge in [0.2, 0.25) is 6.54 Å². The molecule has 2 fully saturated rings. The normalized spacial score (nSPS) is 42.9. The van der Waals surface area contributed by atoms with E-state index in [4.69, 9.17) is 4.74 Å². The second kappa shape index (κ2) is 3.65. The van der Waals surface area contributed by atoms with Crippen molar-refractivity contribution < 1.29 is 9.66 Å². The van der Waals surface area contributed by atoms with E-state index in [1.807, 2.05) is 0 Å². The first-order chi connectivity index (χ1) is 8.15. The van der Waals surface area contributed by atoms with E-state index in [2.05, 4.69) is 23.6 Å². The average molecular weight is 236 g/mol. The minimum atomic E-state index is -0.402. The summed E-state index contributed by atoms with van der Waals surface area (Å²) in [4.78, 5) is 12.7. The van der Waals surface area contributed by atoms with Crippen LogP contribution in [0.25, 0.3) is 0 Å². The van der Waals surface area contributed by atoms with Gasteiger partial charge in [0.25, 0.3) is 0 Å². The van der Waals surface area contributed by atoms with Gasteiger partial charge in [-0.3, -0.25) is 15.0 Å². The van der Waals surface area contributed by atoms with Gasteiger partial charge in [-0.05, 0) is 6.42 Å². The van der Waals surface area contributed by atoms with Gasteiger partial charge >= 0.3 is 0 Å². The van der Waals surface area contributed by atoms with E-state index in [-0.39, 0.29) is 23.6 Å². The Morgan fingerprint density at radius 3 is 3.18 bits per heavy atom. The predicted octanol–water partition coefficient (Wildman–Crippen LogP) is 0.847. The summed E-state index contributed by atoms with van der Waals surface area (Å²) in [6.45, 7) is 5.24. The molecule has 4 unspecified atom stereocenters. The fourth-order valence-electron chi connectivity index (χ4n) is 3.56. The highest BCUT2D eigenvalue weighted by molar-refractivity contribution is 5.27. The molecule has 1 spiro atoms. The van der Waals surface area contributed by atoms with Gasteiger partial charge in [0, 0.05) is 23.9 Å². The van der Waals surface area contributed by atoms with Crippen molar-refractivity contribution >= 4 is 0 Å². The summed E-state index contributed by atoms with van der Waals surface area (Å²) in [6.07, 6.45) is 7.10. The van der Waals surface area contributed by atoms with Crippen LogP contribution in [0, 0.1) is 16.0 Å². The molecule has 0 aromatic rings. The third-order valence-electron chi connectivity index (χ3n) is 4.18. The predicted molar refractivity (Wildman–Crippen MR) is 62.3 cm³/mol. The van der Waals surface area contributed by atoms with Crippen LogP contribution < -0.4 is 0 Å². The van der Waals surface area contributed by atoms with Crippen molar-refractivity contribution in [3.05, 3.63) is 34.9 Å². The average Bonchev–Trinajstić information content (AvgIpc) is 2.89. The molecular formula is C12H16N2O3. The lowest BCUT2D eigenvalue weighted by atomic mass is 9.82. The van der Waals surface area contributed by atoms with Crippen LogP contribution in [0.15, 0.2) is 24.8 Å². The van der Waals surface area contributed by atoms with E-state index >= 15 is 0 Å². The first kappa shape index (κ1) is 10.9. The van der Waals surface area contributed by atoms with Crippen molar-refractivity contribution in [3.8, 4) is 0 Å². The maximum Gasteiger partial charge on any atom is 0.222 e. The molecule has 0 aromatic carbocycles. The Bertz CT molecular complexity index is 395. The van der Waals surface area contributed by atoms with Crippen LogP contribution in [-0.2, 0) is 4.74 Å². The molecule has 0 saturated carbocycles. The third kappa shape index (κ3) is 1.46. The minimum Gasteiger partial charge on any atom is -0.361 e. The number of fused-ring (bicyclic) bond motifs is 1. The molecule has 5 nitrogen and oxygen atoms in total. The molecule has 2 saturated heterocycles. The Morgan fingerprint density at radius 2 is 2.53 bits per heavy atom. The van der Waals surface area contributed by atoms with Crippen LogP contribution in [0.1, 0.15) is 6.42 Å². The van der Waals surface area contributed by atoms with Crippen LogP contribution in [0.5, 0.6) is 0 Å². The standard InChI is InChI=1S/C12H16N2O3/c1-2-5-13-7-9-6-10-3-4-12(9,17-10)11(13)8-14(15)16/h2-4,9-11H,1,5-8H2. The fraction of sp³-hybridized carbons (Fsp3) is 0.667.